The third kappa shape index (κ3) is 2.74. The Morgan fingerprint density at radius 3 is 2.79 bits per heavy atom. The minimum absolute atomic E-state index is 0.0477. The lowest BCUT2D eigenvalue weighted by atomic mass is 10.2. The molecule has 0 amide bonds. The van der Waals surface area contributed by atoms with E-state index >= 15 is 0 Å². The molecule has 1 atom stereocenters. The van der Waals surface area contributed by atoms with E-state index < -0.39 is 22.0 Å². The molecule has 1 saturated heterocycles. The van der Waals surface area contributed by atoms with Crippen LogP contribution in [0.5, 0.6) is 0 Å². The number of sulfonamides is 1. The van der Waals surface area contributed by atoms with Gasteiger partial charge in [-0.3, -0.25) is 4.79 Å². The molecule has 0 saturated carbocycles. The molecule has 104 valence electrons. The second kappa shape index (κ2) is 5.32. The van der Waals surface area contributed by atoms with Crippen LogP contribution in [0.3, 0.4) is 0 Å². The van der Waals surface area contributed by atoms with Gasteiger partial charge in [-0.2, -0.15) is 4.31 Å². The molecule has 1 aliphatic heterocycles. The van der Waals surface area contributed by atoms with Crippen molar-refractivity contribution in [3.05, 3.63) is 28.8 Å². The molecule has 0 spiro atoms. The van der Waals surface area contributed by atoms with E-state index in [0.29, 0.717) is 0 Å². The second-order valence-electron chi connectivity index (χ2n) is 4.18. The van der Waals surface area contributed by atoms with E-state index in [1.54, 1.807) is 19.1 Å². The maximum absolute atomic E-state index is 12.4. The Kier molecular flexibility index (Phi) is 4.10. The van der Waals surface area contributed by atoms with E-state index in [-0.39, 0.29) is 21.5 Å². The number of aryl methyl sites for hydroxylation is 1. The first-order valence-electron chi connectivity index (χ1n) is 5.42. The number of carbonyl (C=O) groups is 1. The smallest absolute Gasteiger partial charge is 0.322 e. The number of halogens is 1. The highest BCUT2D eigenvalue weighted by molar-refractivity contribution is 8.00. The first-order valence-corrected chi connectivity index (χ1v) is 8.40. The fourth-order valence-corrected chi connectivity index (χ4v) is 5.51. The molecule has 0 aromatic heterocycles. The maximum atomic E-state index is 12.4. The second-order valence-corrected chi connectivity index (χ2v) is 7.45. The molecule has 0 aliphatic carbocycles. The number of carboxylic acids is 1. The minimum Gasteiger partial charge on any atom is -0.480 e. The summed E-state index contributed by atoms with van der Waals surface area (Å²) in [5.41, 5.74) is 0.842. The van der Waals surface area contributed by atoms with E-state index in [1.165, 1.54) is 17.8 Å². The summed E-state index contributed by atoms with van der Waals surface area (Å²) in [7, 11) is -3.88. The number of benzene rings is 1. The maximum Gasteiger partial charge on any atom is 0.322 e. The SMILES string of the molecule is Cc1ccc(S(=O)(=O)N2CSC[C@@H]2C(=O)O)c(Cl)c1. The molecule has 0 bridgehead atoms. The largest absolute Gasteiger partial charge is 0.480 e. The first kappa shape index (κ1) is 14.6. The average Bonchev–Trinajstić information content (AvgIpc) is 2.77. The van der Waals surface area contributed by atoms with Crippen molar-refractivity contribution in [1.82, 2.24) is 4.31 Å². The molecular weight excluding hydrogens is 310 g/mol. The molecule has 19 heavy (non-hydrogen) atoms. The quantitative estimate of drug-likeness (QED) is 0.918. The Labute approximate surface area is 120 Å². The predicted molar refractivity (Wildman–Crippen MR) is 74.0 cm³/mol. The Morgan fingerprint density at radius 1 is 1.53 bits per heavy atom. The molecule has 8 heteroatoms. The molecule has 1 aromatic rings. The number of hydrogen-bond acceptors (Lipinski definition) is 4. The lowest BCUT2D eigenvalue weighted by molar-refractivity contribution is -0.140. The number of hydrogen-bond donors (Lipinski definition) is 1. The number of carboxylic acid groups (broad SMARTS) is 1. The fourth-order valence-electron chi connectivity index (χ4n) is 1.80. The Bertz CT molecular complexity index is 617. The monoisotopic (exact) mass is 321 g/mol. The summed E-state index contributed by atoms with van der Waals surface area (Å²) in [5.74, 6) is -0.765. The zero-order valence-corrected chi connectivity index (χ0v) is 12.4. The summed E-state index contributed by atoms with van der Waals surface area (Å²) in [5, 5.41) is 9.17. The van der Waals surface area contributed by atoms with Gasteiger partial charge in [-0.1, -0.05) is 17.7 Å². The van der Waals surface area contributed by atoms with Gasteiger partial charge in [0, 0.05) is 5.75 Å². The Balaban J connectivity index is 2.45. The molecule has 1 fully saturated rings. The molecule has 0 unspecified atom stereocenters. The Hall–Kier alpha value is -0.760. The van der Waals surface area contributed by atoms with Crippen molar-refractivity contribution in [1.29, 1.82) is 0 Å². The van der Waals surface area contributed by atoms with E-state index in [9.17, 15) is 13.2 Å². The van der Waals surface area contributed by atoms with Crippen LogP contribution in [0.15, 0.2) is 23.1 Å². The van der Waals surface area contributed by atoms with E-state index in [2.05, 4.69) is 0 Å². The van der Waals surface area contributed by atoms with Gasteiger partial charge >= 0.3 is 5.97 Å². The number of nitrogens with zero attached hydrogens (tertiary/aromatic N) is 1. The number of rotatable bonds is 3. The highest BCUT2D eigenvalue weighted by Crippen LogP contribution is 2.32. The molecule has 1 aromatic carbocycles. The predicted octanol–water partition coefficient (Wildman–Crippen LogP) is 1.80. The fraction of sp³-hybridized carbons (Fsp3) is 0.364. The van der Waals surface area contributed by atoms with Crippen LogP contribution in [-0.2, 0) is 14.8 Å². The van der Waals surface area contributed by atoms with E-state index in [4.69, 9.17) is 16.7 Å². The molecule has 2 rings (SSSR count). The van der Waals surface area contributed by atoms with Gasteiger partial charge in [-0.15, -0.1) is 11.8 Å². The van der Waals surface area contributed by atoms with Crippen molar-refractivity contribution in [2.45, 2.75) is 17.9 Å². The van der Waals surface area contributed by atoms with Crippen LogP contribution in [-0.4, -0.2) is 41.5 Å². The standard InChI is InChI=1S/C11H12ClNO4S2/c1-7-2-3-10(8(12)4-7)19(16,17)13-6-18-5-9(13)11(14)15/h2-4,9H,5-6H2,1H3,(H,14,15)/t9-/m1/s1. The summed E-state index contributed by atoms with van der Waals surface area (Å²) < 4.78 is 25.9. The zero-order valence-electron chi connectivity index (χ0n) is 10.0. The van der Waals surface area contributed by atoms with Crippen molar-refractivity contribution in [3.63, 3.8) is 0 Å². The summed E-state index contributed by atoms with van der Waals surface area (Å²) in [6.45, 7) is 1.80. The van der Waals surface area contributed by atoms with Gasteiger partial charge in [0.05, 0.1) is 10.9 Å². The van der Waals surface area contributed by atoms with Crippen molar-refractivity contribution in [2.24, 2.45) is 0 Å². The number of thioether (sulfide) groups is 1. The van der Waals surface area contributed by atoms with Gasteiger partial charge in [0.2, 0.25) is 10.0 Å². The van der Waals surface area contributed by atoms with E-state index in [0.717, 1.165) is 9.87 Å². The summed E-state index contributed by atoms with van der Waals surface area (Å²) in [4.78, 5) is 11.0. The molecule has 0 radical (unpaired) electrons. The highest BCUT2D eigenvalue weighted by Gasteiger charge is 2.40. The van der Waals surface area contributed by atoms with Crippen LogP contribution in [0.25, 0.3) is 0 Å². The van der Waals surface area contributed by atoms with Crippen LogP contribution >= 0.6 is 23.4 Å². The summed E-state index contributed by atoms with van der Waals surface area (Å²) >= 11 is 7.23. The van der Waals surface area contributed by atoms with Crippen LogP contribution in [0.4, 0.5) is 0 Å². The van der Waals surface area contributed by atoms with Crippen molar-refractivity contribution < 1.29 is 18.3 Å². The van der Waals surface area contributed by atoms with Crippen LogP contribution < -0.4 is 0 Å². The summed E-state index contributed by atoms with van der Waals surface area (Å²) in [6, 6.07) is 3.56. The molecule has 1 heterocycles. The zero-order chi connectivity index (χ0) is 14.2. The lowest BCUT2D eigenvalue weighted by Crippen LogP contribution is -2.41. The first-order chi connectivity index (χ1) is 8.84. The number of aliphatic carboxylic acids is 1. The van der Waals surface area contributed by atoms with E-state index in [1.807, 2.05) is 0 Å². The van der Waals surface area contributed by atoms with Crippen molar-refractivity contribution in [2.75, 3.05) is 11.6 Å². The van der Waals surface area contributed by atoms with Crippen molar-refractivity contribution >= 4 is 39.4 Å². The lowest BCUT2D eigenvalue weighted by Gasteiger charge is -2.20. The Morgan fingerprint density at radius 2 is 2.21 bits per heavy atom. The molecule has 1 N–H and O–H groups in total. The van der Waals surface area contributed by atoms with Gasteiger partial charge in [0.1, 0.15) is 10.9 Å². The normalized spacial score (nSPS) is 20.6. The molecular formula is C11H12ClNO4S2. The third-order valence-electron chi connectivity index (χ3n) is 2.80. The van der Waals surface area contributed by atoms with Gasteiger partial charge in [0.15, 0.2) is 0 Å². The molecule has 5 nitrogen and oxygen atoms in total. The third-order valence-corrected chi connectivity index (χ3v) is 6.31. The van der Waals surface area contributed by atoms with Gasteiger partial charge in [0.25, 0.3) is 0 Å². The highest BCUT2D eigenvalue weighted by atomic mass is 35.5. The topological polar surface area (TPSA) is 74.7 Å². The van der Waals surface area contributed by atoms with Crippen LogP contribution in [0, 0.1) is 6.92 Å². The van der Waals surface area contributed by atoms with Crippen LogP contribution in [0.2, 0.25) is 5.02 Å². The van der Waals surface area contributed by atoms with Crippen LogP contribution in [0.1, 0.15) is 5.56 Å². The average molecular weight is 322 g/mol. The molecule has 1 aliphatic rings. The van der Waals surface area contributed by atoms with Crippen molar-refractivity contribution in [3.8, 4) is 0 Å². The van der Waals surface area contributed by atoms with Gasteiger partial charge < -0.3 is 5.11 Å². The van der Waals surface area contributed by atoms with Gasteiger partial charge in [-0.05, 0) is 24.6 Å². The minimum atomic E-state index is -3.88. The van der Waals surface area contributed by atoms with Gasteiger partial charge in [-0.25, -0.2) is 8.42 Å². The summed E-state index contributed by atoms with van der Waals surface area (Å²) in [6.07, 6.45) is 0.